The third-order valence-electron chi connectivity index (χ3n) is 2.77. The summed E-state index contributed by atoms with van der Waals surface area (Å²) in [5.74, 6) is -14.0. The summed E-state index contributed by atoms with van der Waals surface area (Å²) in [4.78, 5) is 11.8. The van der Waals surface area contributed by atoms with E-state index in [9.17, 15) is 26.7 Å². The third-order valence-corrected chi connectivity index (χ3v) is 3.63. The van der Waals surface area contributed by atoms with E-state index < -0.39 is 40.8 Å². The molecule has 2 rings (SSSR count). The second kappa shape index (κ2) is 6.04. The van der Waals surface area contributed by atoms with Crippen LogP contribution in [-0.4, -0.2) is 5.97 Å². The van der Waals surface area contributed by atoms with Gasteiger partial charge >= 0.3 is 5.97 Å². The van der Waals surface area contributed by atoms with Crippen LogP contribution < -0.4 is 4.74 Å². The molecule has 0 atom stereocenters. The van der Waals surface area contributed by atoms with Gasteiger partial charge in [0, 0.05) is 4.47 Å². The van der Waals surface area contributed by atoms with Crippen LogP contribution >= 0.6 is 15.9 Å². The van der Waals surface area contributed by atoms with Gasteiger partial charge in [0.1, 0.15) is 0 Å². The number of carbonyl (C=O) groups is 1. The molecule has 0 aliphatic heterocycles. The monoisotopic (exact) mass is 380 g/mol. The van der Waals surface area contributed by atoms with Gasteiger partial charge in [0.2, 0.25) is 34.8 Å². The topological polar surface area (TPSA) is 26.3 Å². The Morgan fingerprint density at radius 3 is 1.95 bits per heavy atom. The second-order valence-corrected chi connectivity index (χ2v) is 5.11. The van der Waals surface area contributed by atoms with Gasteiger partial charge in [0.25, 0.3) is 0 Å². The molecule has 22 heavy (non-hydrogen) atoms. The quantitative estimate of drug-likeness (QED) is 0.249. The molecule has 0 aliphatic carbocycles. The Morgan fingerprint density at radius 1 is 0.955 bits per heavy atom. The highest BCUT2D eigenvalue weighted by Gasteiger charge is 2.28. The Balaban J connectivity index is 2.42. The van der Waals surface area contributed by atoms with Crippen molar-refractivity contribution in [2.45, 2.75) is 6.92 Å². The van der Waals surface area contributed by atoms with E-state index in [2.05, 4.69) is 20.7 Å². The molecule has 0 unspecified atom stereocenters. The van der Waals surface area contributed by atoms with Crippen LogP contribution in [0, 0.1) is 36.0 Å². The number of aryl methyl sites for hydroxylation is 1. The number of hydrogen-bond donors (Lipinski definition) is 0. The van der Waals surface area contributed by atoms with Crippen molar-refractivity contribution in [2.24, 2.45) is 0 Å². The van der Waals surface area contributed by atoms with E-state index in [4.69, 9.17) is 0 Å². The van der Waals surface area contributed by atoms with Gasteiger partial charge in [0.05, 0.1) is 5.56 Å². The molecular formula is C14H6BrF5O2. The van der Waals surface area contributed by atoms with Gasteiger partial charge in [-0.3, -0.25) is 0 Å². The van der Waals surface area contributed by atoms with Gasteiger partial charge < -0.3 is 4.74 Å². The fourth-order valence-corrected chi connectivity index (χ4v) is 1.92. The lowest BCUT2D eigenvalue weighted by Gasteiger charge is -2.09. The van der Waals surface area contributed by atoms with Crippen LogP contribution in [0.25, 0.3) is 0 Å². The smallest absolute Gasteiger partial charge is 0.343 e. The number of esters is 1. The summed E-state index contributed by atoms with van der Waals surface area (Å²) in [6.45, 7) is 1.73. The lowest BCUT2D eigenvalue weighted by molar-refractivity contribution is 0.0716. The Bertz CT molecular complexity index is 747. The minimum Gasteiger partial charge on any atom is -0.416 e. The average Bonchev–Trinajstić information content (AvgIpc) is 2.50. The largest absolute Gasteiger partial charge is 0.416 e. The molecule has 0 bridgehead atoms. The zero-order valence-corrected chi connectivity index (χ0v) is 12.4. The molecule has 116 valence electrons. The molecule has 2 aromatic rings. The second-order valence-electron chi connectivity index (χ2n) is 4.25. The first-order chi connectivity index (χ1) is 10.2. The van der Waals surface area contributed by atoms with E-state index in [1.165, 1.54) is 18.2 Å². The molecular weight excluding hydrogens is 375 g/mol. The lowest BCUT2D eigenvalue weighted by Crippen LogP contribution is -2.13. The van der Waals surface area contributed by atoms with Crippen LogP contribution in [0.1, 0.15) is 15.9 Å². The molecule has 0 aliphatic rings. The summed E-state index contributed by atoms with van der Waals surface area (Å²) in [6.07, 6.45) is 0. The van der Waals surface area contributed by atoms with Crippen molar-refractivity contribution in [2.75, 3.05) is 0 Å². The van der Waals surface area contributed by atoms with E-state index >= 15 is 0 Å². The van der Waals surface area contributed by atoms with Crippen LogP contribution in [0.15, 0.2) is 22.7 Å². The summed E-state index contributed by atoms with van der Waals surface area (Å²) in [7, 11) is 0. The Morgan fingerprint density at radius 2 is 1.45 bits per heavy atom. The van der Waals surface area contributed by atoms with Crippen molar-refractivity contribution in [1.82, 2.24) is 0 Å². The zero-order valence-electron chi connectivity index (χ0n) is 10.8. The number of benzene rings is 2. The molecule has 0 amide bonds. The first-order valence-corrected chi connectivity index (χ1v) is 6.53. The van der Waals surface area contributed by atoms with Crippen molar-refractivity contribution in [3.63, 3.8) is 0 Å². The number of carbonyl (C=O) groups excluding carboxylic acids is 1. The van der Waals surface area contributed by atoms with Crippen LogP contribution in [-0.2, 0) is 0 Å². The highest BCUT2D eigenvalue weighted by Crippen LogP contribution is 2.30. The van der Waals surface area contributed by atoms with Crippen molar-refractivity contribution in [1.29, 1.82) is 0 Å². The van der Waals surface area contributed by atoms with Crippen molar-refractivity contribution >= 4 is 21.9 Å². The molecule has 0 radical (unpaired) electrons. The fraction of sp³-hybridized carbons (Fsp3) is 0.0714. The Labute approximate surface area is 129 Å². The Hall–Kier alpha value is -1.96. The minimum absolute atomic E-state index is 0.124. The minimum atomic E-state index is -2.33. The standard InChI is InChI=1S/C14H6BrF5O2/c1-5-2-3-6(4-7(5)15)14(21)22-13-11(19)9(17)8(16)10(18)12(13)20/h2-4H,1H3. The molecule has 0 aromatic heterocycles. The summed E-state index contributed by atoms with van der Waals surface area (Å²) < 4.78 is 70.6. The van der Waals surface area contributed by atoms with E-state index in [0.29, 0.717) is 4.47 Å². The van der Waals surface area contributed by atoms with Gasteiger partial charge in [-0.05, 0) is 24.6 Å². The van der Waals surface area contributed by atoms with E-state index in [0.717, 1.165) is 5.56 Å². The molecule has 0 heterocycles. The highest BCUT2D eigenvalue weighted by molar-refractivity contribution is 9.10. The number of hydrogen-bond acceptors (Lipinski definition) is 2. The molecule has 0 saturated carbocycles. The summed E-state index contributed by atoms with van der Waals surface area (Å²) in [6, 6.07) is 4.09. The number of rotatable bonds is 2. The predicted molar refractivity (Wildman–Crippen MR) is 70.1 cm³/mol. The maximum Gasteiger partial charge on any atom is 0.343 e. The van der Waals surface area contributed by atoms with Crippen molar-refractivity contribution in [3.05, 3.63) is 62.9 Å². The van der Waals surface area contributed by atoms with Gasteiger partial charge in [-0.25, -0.2) is 18.0 Å². The molecule has 0 fully saturated rings. The zero-order chi connectivity index (χ0) is 16.6. The summed E-state index contributed by atoms with van der Waals surface area (Å²) in [5.41, 5.74) is 0.647. The van der Waals surface area contributed by atoms with Crippen LogP contribution in [0.5, 0.6) is 5.75 Å². The van der Waals surface area contributed by atoms with E-state index in [1.54, 1.807) is 6.92 Å². The maximum atomic E-state index is 13.4. The van der Waals surface area contributed by atoms with Gasteiger partial charge in [0.15, 0.2) is 0 Å². The molecule has 8 heteroatoms. The molecule has 0 spiro atoms. The average molecular weight is 381 g/mol. The maximum absolute atomic E-state index is 13.4. The van der Waals surface area contributed by atoms with Crippen molar-refractivity contribution in [3.8, 4) is 5.75 Å². The molecule has 2 nitrogen and oxygen atoms in total. The van der Waals surface area contributed by atoms with Crippen LogP contribution in [0.2, 0.25) is 0 Å². The van der Waals surface area contributed by atoms with Crippen LogP contribution in [0.3, 0.4) is 0 Å². The molecule has 2 aromatic carbocycles. The lowest BCUT2D eigenvalue weighted by atomic mass is 10.1. The predicted octanol–water partition coefficient (Wildman–Crippen LogP) is 4.67. The number of halogens is 6. The van der Waals surface area contributed by atoms with Crippen molar-refractivity contribution < 1.29 is 31.5 Å². The summed E-state index contributed by atoms with van der Waals surface area (Å²) in [5, 5.41) is 0. The van der Waals surface area contributed by atoms with Crippen LogP contribution in [0.4, 0.5) is 22.0 Å². The molecule has 0 N–H and O–H groups in total. The first kappa shape index (κ1) is 16.4. The highest BCUT2D eigenvalue weighted by atomic mass is 79.9. The van der Waals surface area contributed by atoms with E-state index in [1.807, 2.05) is 0 Å². The fourth-order valence-electron chi connectivity index (χ4n) is 1.55. The SMILES string of the molecule is Cc1ccc(C(=O)Oc2c(F)c(F)c(F)c(F)c2F)cc1Br. The van der Waals surface area contributed by atoms with Gasteiger partial charge in [-0.15, -0.1) is 0 Å². The summed E-state index contributed by atoms with van der Waals surface area (Å²) >= 11 is 3.14. The molecule has 0 saturated heterocycles. The van der Waals surface area contributed by atoms with E-state index in [-0.39, 0.29) is 5.56 Å². The Kier molecular flexibility index (Phi) is 4.50. The number of ether oxygens (including phenoxy) is 1. The van der Waals surface area contributed by atoms with Gasteiger partial charge in [-0.2, -0.15) is 8.78 Å². The third kappa shape index (κ3) is 2.83. The van der Waals surface area contributed by atoms with Gasteiger partial charge in [-0.1, -0.05) is 22.0 Å². The normalized spacial score (nSPS) is 10.7. The first-order valence-electron chi connectivity index (χ1n) is 5.73.